The largest absolute Gasteiger partial charge is 0.383 e. The fourth-order valence-electron chi connectivity index (χ4n) is 2.87. The van der Waals surface area contributed by atoms with Gasteiger partial charge in [-0.05, 0) is 28.8 Å². The second-order valence-corrected chi connectivity index (χ2v) is 5.79. The van der Waals surface area contributed by atoms with Gasteiger partial charge in [0.05, 0.1) is 6.61 Å². The molecule has 0 aliphatic carbocycles. The van der Waals surface area contributed by atoms with Gasteiger partial charge in [0, 0.05) is 38.9 Å². The highest BCUT2D eigenvalue weighted by Crippen LogP contribution is 2.19. The molecule has 0 radical (unpaired) electrons. The molecule has 1 amide bonds. The predicted octanol–water partition coefficient (Wildman–Crippen LogP) is 3.00. The summed E-state index contributed by atoms with van der Waals surface area (Å²) in [5, 5.41) is 3.31. The van der Waals surface area contributed by atoms with E-state index in [1.54, 1.807) is 7.11 Å². The summed E-state index contributed by atoms with van der Waals surface area (Å²) in [6, 6.07) is 16.1. The Morgan fingerprint density at radius 3 is 2.62 bits per heavy atom. The number of halogens is 1. The number of amides is 1. The van der Waals surface area contributed by atoms with Gasteiger partial charge in [0.15, 0.2) is 0 Å². The van der Waals surface area contributed by atoms with Crippen molar-refractivity contribution in [1.82, 2.24) is 10.2 Å². The SMILES string of the molecule is COCCN(Cc1ccccc1)C(=O)c1ccc2c(c1)CNC2.Cl. The summed E-state index contributed by atoms with van der Waals surface area (Å²) in [7, 11) is 1.66. The first-order valence-corrected chi connectivity index (χ1v) is 7.92. The molecule has 3 rings (SSSR count). The molecule has 4 nitrogen and oxygen atoms in total. The van der Waals surface area contributed by atoms with Gasteiger partial charge in [-0.15, -0.1) is 12.4 Å². The number of benzene rings is 2. The normalized spacial score (nSPS) is 12.4. The molecule has 0 fully saturated rings. The maximum atomic E-state index is 12.9. The van der Waals surface area contributed by atoms with Crippen molar-refractivity contribution in [2.24, 2.45) is 0 Å². The van der Waals surface area contributed by atoms with Crippen LogP contribution in [0.1, 0.15) is 27.0 Å². The van der Waals surface area contributed by atoms with Crippen LogP contribution in [0.15, 0.2) is 48.5 Å². The molecule has 0 bridgehead atoms. The zero-order valence-corrected chi connectivity index (χ0v) is 14.6. The van der Waals surface area contributed by atoms with Gasteiger partial charge >= 0.3 is 0 Å². The lowest BCUT2D eigenvalue weighted by Gasteiger charge is -2.23. The Balaban J connectivity index is 0.00000208. The number of hydrogen-bond donors (Lipinski definition) is 1. The maximum Gasteiger partial charge on any atom is 0.254 e. The second-order valence-electron chi connectivity index (χ2n) is 5.79. The monoisotopic (exact) mass is 346 g/mol. The van der Waals surface area contributed by atoms with E-state index >= 15 is 0 Å². The molecule has 1 heterocycles. The Labute approximate surface area is 149 Å². The van der Waals surface area contributed by atoms with Crippen LogP contribution in [0.4, 0.5) is 0 Å². The van der Waals surface area contributed by atoms with Crippen LogP contribution in [0, 0.1) is 0 Å². The molecule has 1 N–H and O–H groups in total. The lowest BCUT2D eigenvalue weighted by atomic mass is 10.1. The molecule has 0 saturated carbocycles. The number of hydrogen-bond acceptors (Lipinski definition) is 3. The van der Waals surface area contributed by atoms with Crippen LogP contribution < -0.4 is 5.32 Å². The van der Waals surface area contributed by atoms with Crippen LogP contribution in [0.3, 0.4) is 0 Å². The number of ether oxygens (including phenoxy) is 1. The quantitative estimate of drug-likeness (QED) is 0.874. The fraction of sp³-hybridized carbons (Fsp3) is 0.316. The number of carbonyl (C=O) groups excluding carboxylic acids is 1. The predicted molar refractivity (Wildman–Crippen MR) is 97.3 cm³/mol. The Hall–Kier alpha value is -1.88. The summed E-state index contributed by atoms with van der Waals surface area (Å²) >= 11 is 0. The highest BCUT2D eigenvalue weighted by atomic mass is 35.5. The topological polar surface area (TPSA) is 41.6 Å². The van der Waals surface area contributed by atoms with E-state index in [-0.39, 0.29) is 18.3 Å². The van der Waals surface area contributed by atoms with E-state index in [2.05, 4.69) is 11.4 Å². The van der Waals surface area contributed by atoms with E-state index in [0.29, 0.717) is 19.7 Å². The third kappa shape index (κ3) is 4.35. The number of nitrogens with one attached hydrogen (secondary N) is 1. The molecule has 1 aliphatic heterocycles. The van der Waals surface area contributed by atoms with Gasteiger partial charge in [0.25, 0.3) is 5.91 Å². The molecular weight excluding hydrogens is 324 g/mol. The second kappa shape index (κ2) is 8.83. The molecule has 0 spiro atoms. The molecule has 2 aromatic carbocycles. The lowest BCUT2D eigenvalue weighted by molar-refractivity contribution is 0.0680. The molecule has 0 aromatic heterocycles. The Bertz CT molecular complexity index is 676. The van der Waals surface area contributed by atoms with Gasteiger partial charge in [-0.2, -0.15) is 0 Å². The van der Waals surface area contributed by atoms with Crippen LogP contribution in [0.2, 0.25) is 0 Å². The lowest BCUT2D eigenvalue weighted by Crippen LogP contribution is -2.33. The van der Waals surface area contributed by atoms with E-state index in [0.717, 1.165) is 24.2 Å². The first kappa shape index (κ1) is 18.5. The molecule has 128 valence electrons. The Morgan fingerprint density at radius 1 is 1.12 bits per heavy atom. The average Bonchev–Trinajstić information content (AvgIpc) is 3.06. The Morgan fingerprint density at radius 2 is 1.88 bits per heavy atom. The number of carbonyl (C=O) groups is 1. The van der Waals surface area contributed by atoms with E-state index < -0.39 is 0 Å². The van der Waals surface area contributed by atoms with Crippen LogP contribution in [-0.4, -0.2) is 31.1 Å². The first-order valence-electron chi connectivity index (χ1n) is 7.92. The van der Waals surface area contributed by atoms with Gasteiger partial charge < -0.3 is 15.0 Å². The third-order valence-electron chi connectivity index (χ3n) is 4.15. The fourth-order valence-corrected chi connectivity index (χ4v) is 2.87. The first-order chi connectivity index (χ1) is 11.3. The van der Waals surface area contributed by atoms with Crippen molar-refractivity contribution in [1.29, 1.82) is 0 Å². The van der Waals surface area contributed by atoms with Gasteiger partial charge in [0.2, 0.25) is 0 Å². The molecule has 1 aliphatic rings. The third-order valence-corrected chi connectivity index (χ3v) is 4.15. The number of methoxy groups -OCH3 is 1. The van der Waals surface area contributed by atoms with E-state index in [9.17, 15) is 4.79 Å². The van der Waals surface area contributed by atoms with Gasteiger partial charge in [0.1, 0.15) is 0 Å². The average molecular weight is 347 g/mol. The standard InChI is InChI=1S/C19H22N2O2.ClH/c1-23-10-9-21(14-15-5-3-2-4-6-15)19(22)16-7-8-17-12-20-13-18(17)11-16;/h2-8,11,20H,9-10,12-14H2,1H3;1H. The molecule has 0 unspecified atom stereocenters. The van der Waals surface area contributed by atoms with E-state index in [1.807, 2.05) is 47.4 Å². The Kier molecular flexibility index (Phi) is 6.79. The van der Waals surface area contributed by atoms with Crippen molar-refractivity contribution in [2.45, 2.75) is 19.6 Å². The van der Waals surface area contributed by atoms with Gasteiger partial charge in [-0.25, -0.2) is 0 Å². The zero-order valence-electron chi connectivity index (χ0n) is 13.8. The summed E-state index contributed by atoms with van der Waals surface area (Å²) < 4.78 is 5.17. The number of nitrogens with zero attached hydrogens (tertiary/aromatic N) is 1. The minimum atomic E-state index is 0. The minimum Gasteiger partial charge on any atom is -0.383 e. The van der Waals surface area contributed by atoms with Crippen molar-refractivity contribution >= 4 is 18.3 Å². The van der Waals surface area contributed by atoms with Crippen LogP contribution >= 0.6 is 12.4 Å². The van der Waals surface area contributed by atoms with Crippen LogP contribution in [0.5, 0.6) is 0 Å². The van der Waals surface area contributed by atoms with Crippen molar-refractivity contribution in [3.8, 4) is 0 Å². The molecule has 24 heavy (non-hydrogen) atoms. The molecule has 2 aromatic rings. The highest BCUT2D eigenvalue weighted by molar-refractivity contribution is 5.94. The molecule has 5 heteroatoms. The smallest absolute Gasteiger partial charge is 0.254 e. The van der Waals surface area contributed by atoms with E-state index in [1.165, 1.54) is 11.1 Å². The summed E-state index contributed by atoms with van der Waals surface area (Å²) in [5.41, 5.74) is 4.38. The van der Waals surface area contributed by atoms with Crippen molar-refractivity contribution in [2.75, 3.05) is 20.3 Å². The summed E-state index contributed by atoms with van der Waals surface area (Å²) in [6.45, 7) is 3.44. The van der Waals surface area contributed by atoms with Crippen LogP contribution in [-0.2, 0) is 24.4 Å². The maximum absolute atomic E-state index is 12.9. The van der Waals surface area contributed by atoms with Crippen molar-refractivity contribution in [3.63, 3.8) is 0 Å². The van der Waals surface area contributed by atoms with Gasteiger partial charge in [-0.1, -0.05) is 36.4 Å². The number of rotatable bonds is 6. The van der Waals surface area contributed by atoms with E-state index in [4.69, 9.17) is 4.74 Å². The van der Waals surface area contributed by atoms with Gasteiger partial charge in [-0.3, -0.25) is 4.79 Å². The highest BCUT2D eigenvalue weighted by Gasteiger charge is 2.18. The summed E-state index contributed by atoms with van der Waals surface area (Å²) in [5.74, 6) is 0.0561. The van der Waals surface area contributed by atoms with Crippen molar-refractivity contribution in [3.05, 3.63) is 70.8 Å². The van der Waals surface area contributed by atoms with Crippen LogP contribution in [0.25, 0.3) is 0 Å². The zero-order chi connectivity index (χ0) is 16.1. The summed E-state index contributed by atoms with van der Waals surface area (Å²) in [6.07, 6.45) is 0. The number of fused-ring (bicyclic) bond motifs is 1. The molecule has 0 atom stereocenters. The summed E-state index contributed by atoms with van der Waals surface area (Å²) in [4.78, 5) is 14.8. The molecule has 0 saturated heterocycles. The van der Waals surface area contributed by atoms with Crippen molar-refractivity contribution < 1.29 is 9.53 Å². The minimum absolute atomic E-state index is 0. The molecular formula is C19H23ClN2O2.